The Morgan fingerprint density at radius 1 is 0.964 bits per heavy atom. The van der Waals surface area contributed by atoms with Gasteiger partial charge in [-0.15, -0.1) is 11.3 Å². The third kappa shape index (κ3) is 4.67. The van der Waals surface area contributed by atoms with E-state index in [1.54, 1.807) is 17.6 Å². The summed E-state index contributed by atoms with van der Waals surface area (Å²) in [7, 11) is 0. The molecule has 0 spiro atoms. The van der Waals surface area contributed by atoms with Gasteiger partial charge in [0, 0.05) is 13.0 Å². The van der Waals surface area contributed by atoms with Gasteiger partial charge in [0.25, 0.3) is 0 Å². The summed E-state index contributed by atoms with van der Waals surface area (Å²) in [6.45, 7) is 1.07. The van der Waals surface area contributed by atoms with Crippen LogP contribution < -0.4 is 0 Å². The average Bonchev–Trinajstić information content (AvgIpc) is 3.37. The zero-order valence-corrected chi connectivity index (χ0v) is 16.4. The summed E-state index contributed by atoms with van der Waals surface area (Å²) in [5, 5.41) is 1.09. The largest absolute Gasteiger partial charge is 0.467 e. The van der Waals surface area contributed by atoms with Crippen LogP contribution in [0.2, 0.25) is 0 Å². The first-order valence-corrected chi connectivity index (χ1v) is 10.3. The maximum Gasteiger partial charge on any atom is 0.223 e. The second-order valence-electron chi connectivity index (χ2n) is 6.74. The Morgan fingerprint density at radius 2 is 1.79 bits per heavy atom. The van der Waals surface area contributed by atoms with Gasteiger partial charge in [-0.05, 0) is 42.7 Å². The highest BCUT2D eigenvalue weighted by Crippen LogP contribution is 2.23. The number of aromatic nitrogens is 1. The van der Waals surface area contributed by atoms with Crippen LogP contribution in [-0.4, -0.2) is 15.8 Å². The van der Waals surface area contributed by atoms with Gasteiger partial charge in [0.05, 0.1) is 28.0 Å². The molecule has 0 saturated carbocycles. The first kappa shape index (κ1) is 18.4. The number of amides is 1. The highest BCUT2D eigenvalue weighted by atomic mass is 32.1. The summed E-state index contributed by atoms with van der Waals surface area (Å²) < 4.78 is 6.66. The Labute approximate surface area is 168 Å². The molecule has 0 radical (unpaired) electrons. The number of aryl methyl sites for hydroxylation is 1. The molecule has 0 aliphatic carbocycles. The molecule has 2 aromatic carbocycles. The second kappa shape index (κ2) is 8.85. The first-order chi connectivity index (χ1) is 13.8. The van der Waals surface area contributed by atoms with Crippen molar-refractivity contribution in [2.24, 2.45) is 0 Å². The zero-order valence-electron chi connectivity index (χ0n) is 15.6. The van der Waals surface area contributed by atoms with E-state index in [0.717, 1.165) is 34.7 Å². The van der Waals surface area contributed by atoms with E-state index < -0.39 is 0 Å². The molecule has 0 N–H and O–H groups in total. The molecule has 0 aliphatic rings. The summed E-state index contributed by atoms with van der Waals surface area (Å²) in [5.41, 5.74) is 2.16. The maximum atomic E-state index is 12.9. The van der Waals surface area contributed by atoms with Crippen LogP contribution >= 0.6 is 11.3 Å². The van der Waals surface area contributed by atoms with Crippen molar-refractivity contribution in [1.82, 2.24) is 9.88 Å². The lowest BCUT2D eigenvalue weighted by molar-refractivity contribution is -0.132. The number of nitrogens with zero attached hydrogens (tertiary/aromatic N) is 2. The number of rotatable bonds is 8. The van der Waals surface area contributed by atoms with E-state index in [4.69, 9.17) is 4.42 Å². The molecule has 4 rings (SSSR count). The Hall–Kier alpha value is -2.92. The molecule has 0 fully saturated rings. The van der Waals surface area contributed by atoms with E-state index in [9.17, 15) is 4.79 Å². The molecule has 0 bridgehead atoms. The quantitative estimate of drug-likeness (QED) is 0.402. The summed E-state index contributed by atoms with van der Waals surface area (Å²) in [6.07, 6.45) is 3.77. The maximum absolute atomic E-state index is 12.9. The van der Waals surface area contributed by atoms with Crippen molar-refractivity contribution in [3.63, 3.8) is 0 Å². The molecule has 0 aliphatic heterocycles. The molecule has 1 amide bonds. The van der Waals surface area contributed by atoms with Gasteiger partial charge in [0.1, 0.15) is 5.76 Å². The van der Waals surface area contributed by atoms with Crippen LogP contribution in [0, 0.1) is 0 Å². The van der Waals surface area contributed by atoms with Crippen LogP contribution in [0.15, 0.2) is 77.4 Å². The Bertz CT molecular complexity index is 992. The fourth-order valence-electron chi connectivity index (χ4n) is 3.20. The topological polar surface area (TPSA) is 46.3 Å². The van der Waals surface area contributed by atoms with E-state index in [1.165, 1.54) is 4.70 Å². The molecule has 2 heterocycles. The number of thiazole rings is 1. The lowest BCUT2D eigenvalue weighted by Gasteiger charge is -2.22. The van der Waals surface area contributed by atoms with Crippen molar-refractivity contribution >= 4 is 27.5 Å². The molecule has 5 heteroatoms. The van der Waals surface area contributed by atoms with Crippen molar-refractivity contribution in [1.29, 1.82) is 0 Å². The summed E-state index contributed by atoms with van der Waals surface area (Å²) >= 11 is 1.71. The monoisotopic (exact) mass is 390 g/mol. The molecule has 0 unspecified atom stereocenters. The third-order valence-corrected chi connectivity index (χ3v) is 5.71. The van der Waals surface area contributed by atoms with Gasteiger partial charge in [-0.1, -0.05) is 42.5 Å². The van der Waals surface area contributed by atoms with E-state index in [-0.39, 0.29) is 5.91 Å². The predicted octanol–water partition coefficient (Wildman–Crippen LogP) is 5.44. The lowest BCUT2D eigenvalue weighted by Crippen LogP contribution is -2.29. The van der Waals surface area contributed by atoms with Crippen LogP contribution in [-0.2, 0) is 24.3 Å². The van der Waals surface area contributed by atoms with Crippen LogP contribution in [0.3, 0.4) is 0 Å². The normalized spacial score (nSPS) is 11.0. The fourth-order valence-corrected chi connectivity index (χ4v) is 4.21. The van der Waals surface area contributed by atoms with Crippen LogP contribution in [0.1, 0.15) is 29.2 Å². The molecule has 0 atom stereocenters. The summed E-state index contributed by atoms with van der Waals surface area (Å²) in [4.78, 5) is 19.4. The lowest BCUT2D eigenvalue weighted by atomic mass is 10.1. The number of carbonyl (C=O) groups excluding carboxylic acids is 1. The Balaban J connectivity index is 1.38. The van der Waals surface area contributed by atoms with Gasteiger partial charge in [0.15, 0.2) is 0 Å². The number of hydrogen-bond donors (Lipinski definition) is 0. The van der Waals surface area contributed by atoms with Gasteiger partial charge >= 0.3 is 0 Å². The minimum Gasteiger partial charge on any atom is -0.467 e. The number of fused-ring (bicyclic) bond motifs is 1. The van der Waals surface area contributed by atoms with Gasteiger partial charge in [-0.2, -0.15) is 0 Å². The number of para-hydroxylation sites is 1. The van der Waals surface area contributed by atoms with Gasteiger partial charge in [-0.3, -0.25) is 4.79 Å². The number of hydrogen-bond acceptors (Lipinski definition) is 4. The molecule has 4 nitrogen and oxygen atoms in total. The van der Waals surface area contributed by atoms with Gasteiger partial charge in [-0.25, -0.2) is 4.98 Å². The average molecular weight is 391 g/mol. The highest BCUT2D eigenvalue weighted by molar-refractivity contribution is 7.18. The van der Waals surface area contributed by atoms with Gasteiger partial charge < -0.3 is 9.32 Å². The van der Waals surface area contributed by atoms with Crippen molar-refractivity contribution in [3.05, 3.63) is 89.3 Å². The summed E-state index contributed by atoms with van der Waals surface area (Å²) in [6, 6.07) is 22.0. The number of furan rings is 1. The van der Waals surface area contributed by atoms with Crippen LogP contribution in [0.25, 0.3) is 10.2 Å². The number of carbonyl (C=O) groups is 1. The van der Waals surface area contributed by atoms with E-state index in [1.807, 2.05) is 65.6 Å². The minimum atomic E-state index is 0.140. The molecule has 0 saturated heterocycles. The highest BCUT2D eigenvalue weighted by Gasteiger charge is 2.16. The predicted molar refractivity (Wildman–Crippen MR) is 112 cm³/mol. The standard InChI is InChI=1S/C23H22N2O2S/c26-23(14-6-13-22-24-20-11-4-5-12-21(20)28-22)25(17-19-10-7-15-27-19)16-18-8-2-1-3-9-18/h1-5,7-12,15H,6,13-14,16-17H2. The van der Waals surface area contributed by atoms with Crippen molar-refractivity contribution in [2.45, 2.75) is 32.4 Å². The molecular formula is C23H22N2O2S. The molecule has 28 heavy (non-hydrogen) atoms. The van der Waals surface area contributed by atoms with Crippen molar-refractivity contribution < 1.29 is 9.21 Å². The third-order valence-electron chi connectivity index (χ3n) is 4.62. The van der Waals surface area contributed by atoms with E-state index in [2.05, 4.69) is 11.1 Å². The molecule has 2 aromatic heterocycles. The van der Waals surface area contributed by atoms with E-state index >= 15 is 0 Å². The Morgan fingerprint density at radius 3 is 2.57 bits per heavy atom. The SMILES string of the molecule is O=C(CCCc1nc2ccccc2s1)N(Cc1ccccc1)Cc1ccco1. The fraction of sp³-hybridized carbons (Fsp3) is 0.217. The zero-order chi connectivity index (χ0) is 19.2. The van der Waals surface area contributed by atoms with Crippen LogP contribution in [0.4, 0.5) is 0 Å². The first-order valence-electron chi connectivity index (χ1n) is 9.46. The number of benzene rings is 2. The van der Waals surface area contributed by atoms with Crippen molar-refractivity contribution in [2.75, 3.05) is 0 Å². The minimum absolute atomic E-state index is 0.140. The summed E-state index contributed by atoms with van der Waals surface area (Å²) in [5.74, 6) is 0.941. The Kier molecular flexibility index (Phi) is 5.83. The van der Waals surface area contributed by atoms with Crippen molar-refractivity contribution in [3.8, 4) is 0 Å². The smallest absolute Gasteiger partial charge is 0.223 e. The molecule has 142 valence electrons. The second-order valence-corrected chi connectivity index (χ2v) is 7.86. The van der Waals surface area contributed by atoms with Gasteiger partial charge in [0.2, 0.25) is 5.91 Å². The molecular weight excluding hydrogens is 368 g/mol. The van der Waals surface area contributed by atoms with Crippen LogP contribution in [0.5, 0.6) is 0 Å². The van der Waals surface area contributed by atoms with E-state index in [0.29, 0.717) is 19.5 Å². The molecule has 4 aromatic rings.